The van der Waals surface area contributed by atoms with Gasteiger partial charge in [0.1, 0.15) is 5.58 Å². The van der Waals surface area contributed by atoms with Gasteiger partial charge in [-0.3, -0.25) is 4.79 Å². The summed E-state index contributed by atoms with van der Waals surface area (Å²) in [5, 5.41) is 3.94. The van der Waals surface area contributed by atoms with Gasteiger partial charge in [-0.15, -0.1) is 0 Å². The summed E-state index contributed by atoms with van der Waals surface area (Å²) < 4.78 is 5.34. The van der Waals surface area contributed by atoms with Gasteiger partial charge in [0.15, 0.2) is 0 Å². The summed E-state index contributed by atoms with van der Waals surface area (Å²) in [5.41, 5.74) is 2.91. The number of furan rings is 1. The lowest BCUT2D eigenvalue weighted by Crippen LogP contribution is -2.24. The predicted molar refractivity (Wildman–Crippen MR) is 78.2 cm³/mol. The number of fused-ring (bicyclic) bond motifs is 1. The van der Waals surface area contributed by atoms with Crippen molar-refractivity contribution in [2.45, 2.75) is 13.0 Å². The Labute approximate surface area is 117 Å². The van der Waals surface area contributed by atoms with Crippen LogP contribution < -0.4 is 5.32 Å². The SMILES string of the molecule is O=C(Cc1cccc2occc12)NCc1ccccc1. The second-order valence-electron chi connectivity index (χ2n) is 4.69. The molecule has 0 radical (unpaired) electrons. The van der Waals surface area contributed by atoms with Crippen molar-refractivity contribution in [1.82, 2.24) is 5.32 Å². The topological polar surface area (TPSA) is 42.2 Å². The van der Waals surface area contributed by atoms with Crippen LogP contribution in [0.4, 0.5) is 0 Å². The molecule has 0 aliphatic heterocycles. The highest BCUT2D eigenvalue weighted by Crippen LogP contribution is 2.20. The molecule has 1 aromatic heterocycles. The first-order chi connectivity index (χ1) is 9.83. The zero-order valence-corrected chi connectivity index (χ0v) is 11.0. The smallest absolute Gasteiger partial charge is 0.224 e. The van der Waals surface area contributed by atoms with E-state index in [2.05, 4.69) is 5.32 Å². The maximum absolute atomic E-state index is 12.0. The van der Waals surface area contributed by atoms with E-state index in [1.54, 1.807) is 6.26 Å². The van der Waals surface area contributed by atoms with Gasteiger partial charge in [-0.1, -0.05) is 42.5 Å². The summed E-state index contributed by atoms with van der Waals surface area (Å²) in [6, 6.07) is 17.6. The fourth-order valence-corrected chi connectivity index (χ4v) is 2.24. The van der Waals surface area contributed by atoms with Gasteiger partial charge < -0.3 is 9.73 Å². The molecule has 1 amide bonds. The number of carbonyl (C=O) groups is 1. The van der Waals surface area contributed by atoms with Crippen molar-refractivity contribution in [1.29, 1.82) is 0 Å². The van der Waals surface area contributed by atoms with E-state index in [9.17, 15) is 4.79 Å². The second-order valence-corrected chi connectivity index (χ2v) is 4.69. The molecule has 3 rings (SSSR count). The minimum Gasteiger partial charge on any atom is -0.464 e. The van der Waals surface area contributed by atoms with Crippen molar-refractivity contribution in [2.75, 3.05) is 0 Å². The Kier molecular flexibility index (Phi) is 3.50. The molecule has 1 N–H and O–H groups in total. The first-order valence-corrected chi connectivity index (χ1v) is 6.58. The molecule has 0 spiro atoms. The Morgan fingerprint density at radius 1 is 1.00 bits per heavy atom. The summed E-state index contributed by atoms with van der Waals surface area (Å²) in [4.78, 5) is 12.0. The maximum atomic E-state index is 12.0. The number of nitrogens with one attached hydrogen (secondary N) is 1. The second kappa shape index (κ2) is 5.61. The van der Waals surface area contributed by atoms with Gasteiger partial charge in [-0.25, -0.2) is 0 Å². The molecular weight excluding hydrogens is 250 g/mol. The highest BCUT2D eigenvalue weighted by molar-refractivity contribution is 5.87. The number of hydrogen-bond donors (Lipinski definition) is 1. The van der Waals surface area contributed by atoms with Crippen molar-refractivity contribution in [3.63, 3.8) is 0 Å². The number of rotatable bonds is 4. The fraction of sp³-hybridized carbons (Fsp3) is 0.118. The van der Waals surface area contributed by atoms with Crippen LogP contribution in [0.5, 0.6) is 0 Å². The Morgan fingerprint density at radius 3 is 2.70 bits per heavy atom. The number of hydrogen-bond acceptors (Lipinski definition) is 2. The Balaban J connectivity index is 1.66. The minimum atomic E-state index is 0.0163. The van der Waals surface area contributed by atoms with Gasteiger partial charge in [0.25, 0.3) is 0 Å². The lowest BCUT2D eigenvalue weighted by molar-refractivity contribution is -0.120. The van der Waals surface area contributed by atoms with Gasteiger partial charge in [0.2, 0.25) is 5.91 Å². The van der Waals surface area contributed by atoms with Gasteiger partial charge in [0.05, 0.1) is 12.7 Å². The molecule has 3 heteroatoms. The molecule has 0 bridgehead atoms. The van der Waals surface area contributed by atoms with Crippen molar-refractivity contribution in [3.05, 3.63) is 72.0 Å². The van der Waals surface area contributed by atoms with Gasteiger partial charge >= 0.3 is 0 Å². The van der Waals surface area contributed by atoms with Crippen LogP contribution in [0.1, 0.15) is 11.1 Å². The summed E-state index contributed by atoms with van der Waals surface area (Å²) in [5.74, 6) is 0.0163. The number of benzene rings is 2. The van der Waals surface area contributed by atoms with Crippen molar-refractivity contribution < 1.29 is 9.21 Å². The predicted octanol–water partition coefficient (Wildman–Crippen LogP) is 3.29. The van der Waals surface area contributed by atoms with Gasteiger partial charge in [-0.2, -0.15) is 0 Å². The third kappa shape index (κ3) is 2.72. The number of carbonyl (C=O) groups excluding carboxylic acids is 1. The largest absolute Gasteiger partial charge is 0.464 e. The molecule has 0 atom stereocenters. The van der Waals surface area contributed by atoms with Crippen LogP contribution in [0.2, 0.25) is 0 Å². The van der Waals surface area contributed by atoms with Gasteiger partial charge in [-0.05, 0) is 23.3 Å². The van der Waals surface area contributed by atoms with Gasteiger partial charge in [0, 0.05) is 11.9 Å². The van der Waals surface area contributed by atoms with Crippen LogP contribution >= 0.6 is 0 Å². The normalized spacial score (nSPS) is 10.6. The monoisotopic (exact) mass is 265 g/mol. The molecule has 2 aromatic carbocycles. The molecule has 0 saturated carbocycles. The lowest BCUT2D eigenvalue weighted by Gasteiger charge is -2.06. The zero-order chi connectivity index (χ0) is 13.8. The summed E-state index contributed by atoms with van der Waals surface area (Å²) in [6.07, 6.45) is 2.01. The first kappa shape index (κ1) is 12.5. The molecule has 3 nitrogen and oxygen atoms in total. The van der Waals surface area contributed by atoms with Crippen LogP contribution in [0, 0.1) is 0 Å². The zero-order valence-electron chi connectivity index (χ0n) is 11.0. The first-order valence-electron chi connectivity index (χ1n) is 6.58. The Hall–Kier alpha value is -2.55. The standard InChI is InChI=1S/C17H15NO2/c19-17(18-12-13-5-2-1-3-6-13)11-14-7-4-8-16-15(14)9-10-20-16/h1-10H,11-12H2,(H,18,19). The highest BCUT2D eigenvalue weighted by atomic mass is 16.3. The minimum absolute atomic E-state index is 0.0163. The molecule has 1 heterocycles. The van der Waals surface area contributed by atoms with Crippen LogP contribution in [0.15, 0.2) is 65.3 Å². The van der Waals surface area contributed by atoms with E-state index in [0.29, 0.717) is 13.0 Å². The third-order valence-corrected chi connectivity index (χ3v) is 3.27. The Bertz CT molecular complexity index is 716. The van der Waals surface area contributed by atoms with E-state index < -0.39 is 0 Å². The quantitative estimate of drug-likeness (QED) is 0.786. The molecule has 0 fully saturated rings. The fourth-order valence-electron chi connectivity index (χ4n) is 2.24. The molecule has 0 aliphatic carbocycles. The number of amides is 1. The molecule has 0 unspecified atom stereocenters. The molecule has 0 aliphatic rings. The third-order valence-electron chi connectivity index (χ3n) is 3.27. The Morgan fingerprint density at radius 2 is 1.85 bits per heavy atom. The summed E-state index contributed by atoms with van der Waals surface area (Å²) >= 11 is 0. The van der Waals surface area contributed by atoms with Crippen LogP contribution in [0.3, 0.4) is 0 Å². The van der Waals surface area contributed by atoms with E-state index in [1.807, 2.05) is 54.6 Å². The van der Waals surface area contributed by atoms with Crippen LogP contribution in [0.25, 0.3) is 11.0 Å². The van der Waals surface area contributed by atoms with E-state index in [1.165, 1.54) is 0 Å². The van der Waals surface area contributed by atoms with E-state index >= 15 is 0 Å². The maximum Gasteiger partial charge on any atom is 0.224 e. The average Bonchev–Trinajstić information content (AvgIpc) is 2.96. The van der Waals surface area contributed by atoms with Crippen molar-refractivity contribution >= 4 is 16.9 Å². The molecule has 20 heavy (non-hydrogen) atoms. The molecule has 100 valence electrons. The van der Waals surface area contributed by atoms with Crippen LogP contribution in [-0.4, -0.2) is 5.91 Å². The van der Waals surface area contributed by atoms with Crippen molar-refractivity contribution in [3.8, 4) is 0 Å². The van der Waals surface area contributed by atoms with E-state index in [0.717, 1.165) is 22.1 Å². The highest BCUT2D eigenvalue weighted by Gasteiger charge is 2.08. The average molecular weight is 265 g/mol. The molecule has 3 aromatic rings. The molecular formula is C17H15NO2. The van der Waals surface area contributed by atoms with E-state index in [4.69, 9.17) is 4.42 Å². The summed E-state index contributed by atoms with van der Waals surface area (Å²) in [7, 11) is 0. The lowest BCUT2D eigenvalue weighted by atomic mass is 10.1. The van der Waals surface area contributed by atoms with E-state index in [-0.39, 0.29) is 5.91 Å². The molecule has 0 saturated heterocycles. The van der Waals surface area contributed by atoms with Crippen LogP contribution in [-0.2, 0) is 17.8 Å². The van der Waals surface area contributed by atoms with Crippen molar-refractivity contribution in [2.24, 2.45) is 0 Å². The summed E-state index contributed by atoms with van der Waals surface area (Å²) in [6.45, 7) is 0.557.